The summed E-state index contributed by atoms with van der Waals surface area (Å²) in [4.78, 5) is 24.3. The van der Waals surface area contributed by atoms with E-state index in [-0.39, 0.29) is 24.6 Å². The largest absolute Gasteiger partial charge is 0.494 e. The third-order valence-corrected chi connectivity index (χ3v) is 4.86. The van der Waals surface area contributed by atoms with Crippen LogP contribution in [0.5, 0.6) is 5.75 Å². The van der Waals surface area contributed by atoms with E-state index < -0.39 is 0 Å². The highest BCUT2D eigenvalue weighted by molar-refractivity contribution is 6.42. The normalized spacial score (nSPS) is 10.6. The Kier molecular flexibility index (Phi) is 6.90. The molecule has 0 bridgehead atoms. The molecular weight excluding hydrogens is 413 g/mol. The summed E-state index contributed by atoms with van der Waals surface area (Å²) in [6, 6.07) is 15.2. The first-order chi connectivity index (χ1) is 14.0. The van der Waals surface area contributed by atoms with Crippen LogP contribution >= 0.6 is 23.2 Å². The first kappa shape index (κ1) is 20.9. The molecule has 2 aromatic carbocycles. The number of amides is 1. The number of hydrogen-bond donors (Lipinski definition) is 1. The van der Waals surface area contributed by atoms with Crippen LogP contribution in [-0.4, -0.2) is 28.8 Å². The fourth-order valence-electron chi connectivity index (χ4n) is 2.67. The van der Waals surface area contributed by atoms with Crippen molar-refractivity contribution in [3.63, 3.8) is 0 Å². The molecule has 1 N–H and O–H groups in total. The zero-order valence-electron chi connectivity index (χ0n) is 15.7. The average Bonchev–Trinajstić information content (AvgIpc) is 2.72. The van der Waals surface area contributed by atoms with E-state index >= 15 is 0 Å². The van der Waals surface area contributed by atoms with Gasteiger partial charge in [-0.25, -0.2) is 4.68 Å². The lowest BCUT2D eigenvalue weighted by atomic mass is 10.1. The van der Waals surface area contributed by atoms with Crippen molar-refractivity contribution in [2.75, 3.05) is 13.2 Å². The first-order valence-electron chi connectivity index (χ1n) is 9.02. The maximum Gasteiger partial charge on any atom is 0.266 e. The lowest BCUT2D eigenvalue weighted by Crippen LogP contribution is -2.31. The summed E-state index contributed by atoms with van der Waals surface area (Å²) in [5, 5.41) is 7.82. The van der Waals surface area contributed by atoms with E-state index in [1.807, 2.05) is 31.2 Å². The number of ether oxygens (including phenoxy) is 1. The van der Waals surface area contributed by atoms with Crippen LogP contribution in [0.15, 0.2) is 59.4 Å². The van der Waals surface area contributed by atoms with Gasteiger partial charge in [0.2, 0.25) is 0 Å². The molecule has 1 amide bonds. The monoisotopic (exact) mass is 431 g/mol. The molecule has 29 heavy (non-hydrogen) atoms. The van der Waals surface area contributed by atoms with Gasteiger partial charge in [-0.15, -0.1) is 0 Å². The topological polar surface area (TPSA) is 73.2 Å². The second-order valence-electron chi connectivity index (χ2n) is 6.12. The van der Waals surface area contributed by atoms with E-state index in [0.717, 1.165) is 11.3 Å². The second-order valence-corrected chi connectivity index (χ2v) is 6.94. The van der Waals surface area contributed by atoms with Crippen LogP contribution in [0.2, 0.25) is 10.0 Å². The van der Waals surface area contributed by atoms with Gasteiger partial charge >= 0.3 is 0 Å². The molecule has 1 heterocycles. The Morgan fingerprint density at radius 3 is 2.52 bits per heavy atom. The Labute approximate surface area is 178 Å². The first-order valence-corrected chi connectivity index (χ1v) is 9.78. The van der Waals surface area contributed by atoms with E-state index in [1.165, 1.54) is 16.8 Å². The number of carbonyl (C=O) groups is 1. The molecule has 3 aromatic rings. The predicted octanol–water partition coefficient (Wildman–Crippen LogP) is 4.05. The number of benzene rings is 2. The highest BCUT2D eigenvalue weighted by Gasteiger charge is 2.09. The van der Waals surface area contributed by atoms with Gasteiger partial charge in [0.1, 0.15) is 5.75 Å². The van der Waals surface area contributed by atoms with Gasteiger partial charge in [-0.2, -0.15) is 5.10 Å². The van der Waals surface area contributed by atoms with Crippen LogP contribution in [0.3, 0.4) is 0 Å². The highest BCUT2D eigenvalue weighted by atomic mass is 35.5. The van der Waals surface area contributed by atoms with Crippen LogP contribution in [0, 0.1) is 0 Å². The van der Waals surface area contributed by atoms with Crippen molar-refractivity contribution < 1.29 is 9.53 Å². The zero-order chi connectivity index (χ0) is 20.8. The Morgan fingerprint density at radius 2 is 1.83 bits per heavy atom. The van der Waals surface area contributed by atoms with Gasteiger partial charge in [0.05, 0.1) is 28.9 Å². The maximum atomic E-state index is 12.2. The number of nitrogens with zero attached hydrogens (tertiary/aromatic N) is 2. The minimum Gasteiger partial charge on any atom is -0.494 e. The molecule has 3 rings (SSSR count). The Balaban J connectivity index is 1.66. The number of rotatable bonds is 7. The van der Waals surface area contributed by atoms with Gasteiger partial charge < -0.3 is 10.1 Å². The summed E-state index contributed by atoms with van der Waals surface area (Å²) >= 11 is 11.8. The molecule has 0 unspecified atom stereocenters. The van der Waals surface area contributed by atoms with Crippen molar-refractivity contribution in [3.8, 4) is 17.0 Å². The van der Waals surface area contributed by atoms with E-state index in [4.69, 9.17) is 27.9 Å². The smallest absolute Gasteiger partial charge is 0.266 e. The molecule has 0 atom stereocenters. The number of hydrogen-bond acceptors (Lipinski definition) is 4. The van der Waals surface area contributed by atoms with Gasteiger partial charge in [-0.3, -0.25) is 9.59 Å². The molecule has 0 saturated heterocycles. The van der Waals surface area contributed by atoms with E-state index in [2.05, 4.69) is 10.4 Å². The van der Waals surface area contributed by atoms with E-state index in [1.54, 1.807) is 18.2 Å². The van der Waals surface area contributed by atoms with Gasteiger partial charge in [0.25, 0.3) is 11.5 Å². The number of aromatic nitrogens is 2. The Bertz CT molecular complexity index is 1070. The molecule has 1 aromatic heterocycles. The molecule has 0 aliphatic heterocycles. The summed E-state index contributed by atoms with van der Waals surface area (Å²) < 4.78 is 6.75. The van der Waals surface area contributed by atoms with Crippen LogP contribution < -0.4 is 15.6 Å². The summed E-state index contributed by atoms with van der Waals surface area (Å²) in [5.41, 5.74) is 1.66. The van der Waals surface area contributed by atoms with Crippen molar-refractivity contribution in [1.82, 2.24) is 15.1 Å². The third kappa shape index (κ3) is 5.37. The van der Waals surface area contributed by atoms with Gasteiger partial charge in [0.15, 0.2) is 0 Å². The SMILES string of the molecule is CCOc1ccc(-c2ccc(=O)n(CCNC(=O)c3ccc(Cl)c(Cl)c3)n2)cc1. The summed E-state index contributed by atoms with van der Waals surface area (Å²) in [6.45, 7) is 2.98. The van der Waals surface area contributed by atoms with Gasteiger partial charge in [0, 0.05) is 23.7 Å². The highest BCUT2D eigenvalue weighted by Crippen LogP contribution is 2.22. The van der Waals surface area contributed by atoms with Crippen LogP contribution in [0.4, 0.5) is 0 Å². The minimum atomic E-state index is -0.306. The molecule has 0 aliphatic rings. The van der Waals surface area contributed by atoms with Crippen molar-refractivity contribution in [2.45, 2.75) is 13.5 Å². The van der Waals surface area contributed by atoms with E-state index in [0.29, 0.717) is 27.9 Å². The molecule has 0 radical (unpaired) electrons. The fraction of sp³-hybridized carbons (Fsp3) is 0.190. The molecular formula is C21H19Cl2N3O3. The molecule has 6 nitrogen and oxygen atoms in total. The van der Waals surface area contributed by atoms with Crippen molar-refractivity contribution >= 4 is 29.1 Å². The Hall–Kier alpha value is -2.83. The molecule has 8 heteroatoms. The fourth-order valence-corrected chi connectivity index (χ4v) is 2.96. The van der Waals surface area contributed by atoms with Gasteiger partial charge in [-0.05, 0) is 55.5 Å². The van der Waals surface area contributed by atoms with E-state index in [9.17, 15) is 9.59 Å². The minimum absolute atomic E-state index is 0.233. The Morgan fingerprint density at radius 1 is 1.07 bits per heavy atom. The standard InChI is InChI=1S/C21H19Cl2N3O3/c1-2-29-16-6-3-14(4-7-16)19-9-10-20(27)26(25-19)12-11-24-21(28)15-5-8-17(22)18(23)13-15/h3-10,13H,2,11-12H2,1H3,(H,24,28). The number of halogens is 2. The van der Waals surface area contributed by atoms with Crippen LogP contribution in [0.1, 0.15) is 17.3 Å². The summed E-state index contributed by atoms with van der Waals surface area (Å²) in [6.07, 6.45) is 0. The quantitative estimate of drug-likeness (QED) is 0.612. The summed E-state index contributed by atoms with van der Waals surface area (Å²) in [7, 11) is 0. The van der Waals surface area contributed by atoms with Crippen molar-refractivity contribution in [2.24, 2.45) is 0 Å². The number of nitrogens with one attached hydrogen (secondary N) is 1. The van der Waals surface area contributed by atoms with Crippen molar-refractivity contribution in [3.05, 3.63) is 80.6 Å². The average molecular weight is 432 g/mol. The maximum absolute atomic E-state index is 12.2. The summed E-state index contributed by atoms with van der Waals surface area (Å²) in [5.74, 6) is 0.467. The molecule has 150 valence electrons. The number of carbonyl (C=O) groups excluding carboxylic acids is 1. The molecule has 0 fully saturated rings. The van der Waals surface area contributed by atoms with Crippen LogP contribution in [0.25, 0.3) is 11.3 Å². The molecule has 0 aliphatic carbocycles. The zero-order valence-corrected chi connectivity index (χ0v) is 17.2. The predicted molar refractivity (Wildman–Crippen MR) is 114 cm³/mol. The third-order valence-electron chi connectivity index (χ3n) is 4.12. The molecule has 0 spiro atoms. The van der Waals surface area contributed by atoms with Crippen LogP contribution in [-0.2, 0) is 6.54 Å². The molecule has 0 saturated carbocycles. The second kappa shape index (κ2) is 9.58. The lowest BCUT2D eigenvalue weighted by Gasteiger charge is -2.09. The van der Waals surface area contributed by atoms with Gasteiger partial charge in [-0.1, -0.05) is 23.2 Å². The lowest BCUT2D eigenvalue weighted by molar-refractivity contribution is 0.0951. The van der Waals surface area contributed by atoms with Crippen molar-refractivity contribution in [1.29, 1.82) is 0 Å².